The maximum absolute atomic E-state index is 14.2. The van der Waals surface area contributed by atoms with Crippen molar-refractivity contribution in [2.45, 2.75) is 32.5 Å². The van der Waals surface area contributed by atoms with E-state index in [-0.39, 0.29) is 11.9 Å². The van der Waals surface area contributed by atoms with Gasteiger partial charge in [-0.2, -0.15) is 4.98 Å². The molecule has 0 bridgehead atoms. The third kappa shape index (κ3) is 5.98. The molecule has 1 atom stereocenters. The topological polar surface area (TPSA) is 96.1 Å². The van der Waals surface area contributed by atoms with Crippen LogP contribution < -0.4 is 15.4 Å². The van der Waals surface area contributed by atoms with E-state index in [0.717, 1.165) is 37.3 Å². The molecule has 178 valence electrons. The second-order valence-electron chi connectivity index (χ2n) is 8.18. The Hall–Kier alpha value is -2.75. The number of rotatable bonds is 8. The average Bonchev–Trinajstić information content (AvgIpc) is 2.83. The minimum absolute atomic E-state index is 0.149. The summed E-state index contributed by atoms with van der Waals surface area (Å²) in [7, 11) is 0. The van der Waals surface area contributed by atoms with E-state index in [1.807, 2.05) is 6.07 Å². The van der Waals surface area contributed by atoms with Gasteiger partial charge in [-0.1, -0.05) is 0 Å². The van der Waals surface area contributed by atoms with Gasteiger partial charge in [-0.3, -0.25) is 4.79 Å². The van der Waals surface area contributed by atoms with E-state index in [4.69, 9.17) is 24.7 Å². The number of hydrogen-bond donors (Lipinski definition) is 1. The molecular formula is C24H30FN3O5. The number of nitrogens with zero attached hydrogens (tertiary/aromatic N) is 2. The van der Waals surface area contributed by atoms with Gasteiger partial charge in [0.1, 0.15) is 18.2 Å². The molecule has 1 amide bonds. The molecule has 33 heavy (non-hydrogen) atoms. The zero-order valence-corrected chi connectivity index (χ0v) is 18.8. The fourth-order valence-corrected chi connectivity index (χ4v) is 4.02. The molecule has 1 aromatic heterocycles. The quantitative estimate of drug-likeness (QED) is 0.606. The summed E-state index contributed by atoms with van der Waals surface area (Å²) >= 11 is 0. The van der Waals surface area contributed by atoms with Crippen molar-refractivity contribution in [3.05, 3.63) is 41.2 Å². The largest absolute Gasteiger partial charge is 0.475 e. The molecular weight excluding hydrogens is 429 g/mol. The molecule has 0 radical (unpaired) electrons. The first-order chi connectivity index (χ1) is 16.0. The van der Waals surface area contributed by atoms with Crippen LogP contribution in [0.4, 0.5) is 10.2 Å². The number of nitrogens with two attached hydrogens (primary N) is 1. The van der Waals surface area contributed by atoms with Crippen molar-refractivity contribution in [3.8, 4) is 17.0 Å². The highest BCUT2D eigenvalue weighted by molar-refractivity contribution is 5.95. The smallest absolute Gasteiger partial charge is 0.251 e. The van der Waals surface area contributed by atoms with Crippen molar-refractivity contribution in [1.29, 1.82) is 0 Å². The normalized spacial score (nSPS) is 18.8. The van der Waals surface area contributed by atoms with Crippen LogP contribution in [0.25, 0.3) is 11.1 Å². The Morgan fingerprint density at radius 3 is 2.73 bits per heavy atom. The number of halogens is 1. The highest BCUT2D eigenvalue weighted by Crippen LogP contribution is 2.32. The Bertz CT molecular complexity index is 975. The SMILES string of the molecule is Cc1cc(F)c(C(N)=O)cc1-c1cc(OCCOC2CCCCO2)nc(N2CCOCC2)c1. The van der Waals surface area contributed by atoms with Crippen LogP contribution in [0.1, 0.15) is 35.2 Å². The Labute approximate surface area is 192 Å². The Kier molecular flexibility index (Phi) is 7.74. The average molecular weight is 460 g/mol. The second-order valence-corrected chi connectivity index (χ2v) is 8.18. The molecule has 2 saturated heterocycles. The molecule has 4 rings (SSSR count). The van der Waals surface area contributed by atoms with E-state index in [9.17, 15) is 9.18 Å². The lowest BCUT2D eigenvalue weighted by molar-refractivity contribution is -0.165. The highest BCUT2D eigenvalue weighted by atomic mass is 19.1. The number of aromatic nitrogens is 1. The summed E-state index contributed by atoms with van der Waals surface area (Å²) in [6, 6.07) is 6.50. The third-order valence-corrected chi connectivity index (χ3v) is 5.79. The molecule has 2 N–H and O–H groups in total. The molecule has 0 spiro atoms. The van der Waals surface area contributed by atoms with Crippen molar-refractivity contribution in [2.75, 3.05) is 51.0 Å². The molecule has 0 aliphatic carbocycles. The van der Waals surface area contributed by atoms with Crippen LogP contribution in [0.3, 0.4) is 0 Å². The molecule has 3 heterocycles. The molecule has 1 unspecified atom stereocenters. The van der Waals surface area contributed by atoms with Gasteiger partial charge in [-0.25, -0.2) is 4.39 Å². The van der Waals surface area contributed by atoms with Gasteiger partial charge in [0.05, 0.1) is 25.4 Å². The first-order valence-electron chi connectivity index (χ1n) is 11.3. The number of carbonyl (C=O) groups is 1. The van der Waals surface area contributed by atoms with E-state index < -0.39 is 11.7 Å². The third-order valence-electron chi connectivity index (χ3n) is 5.79. The summed E-state index contributed by atoms with van der Waals surface area (Å²) < 4.78 is 36.9. The molecule has 2 aliphatic heterocycles. The van der Waals surface area contributed by atoms with Crippen LogP contribution in [-0.2, 0) is 14.2 Å². The number of hydrogen-bond acceptors (Lipinski definition) is 7. The van der Waals surface area contributed by atoms with Gasteiger partial charge in [0.15, 0.2) is 6.29 Å². The lowest BCUT2D eigenvalue weighted by atomic mass is 9.97. The minimum atomic E-state index is -0.810. The number of primary amides is 1. The molecule has 2 aromatic rings. The van der Waals surface area contributed by atoms with E-state index in [1.165, 1.54) is 12.1 Å². The first kappa shape index (κ1) is 23.4. The van der Waals surface area contributed by atoms with E-state index in [0.29, 0.717) is 56.5 Å². The van der Waals surface area contributed by atoms with Gasteiger partial charge in [-0.15, -0.1) is 0 Å². The predicted molar refractivity (Wildman–Crippen MR) is 121 cm³/mol. The van der Waals surface area contributed by atoms with Crippen molar-refractivity contribution in [3.63, 3.8) is 0 Å². The summed E-state index contributed by atoms with van der Waals surface area (Å²) in [5.74, 6) is -0.294. The van der Waals surface area contributed by atoms with Crippen LogP contribution in [0.15, 0.2) is 24.3 Å². The number of morpholine rings is 1. The van der Waals surface area contributed by atoms with Crippen LogP contribution in [-0.4, -0.2) is 63.3 Å². The number of aryl methyl sites for hydroxylation is 1. The number of ether oxygens (including phenoxy) is 4. The fraction of sp³-hybridized carbons (Fsp3) is 0.500. The molecule has 1 aromatic carbocycles. The Morgan fingerprint density at radius 2 is 2.00 bits per heavy atom. The van der Waals surface area contributed by atoms with Crippen molar-refractivity contribution in [1.82, 2.24) is 4.98 Å². The number of carbonyl (C=O) groups excluding carboxylic acids is 1. The summed E-state index contributed by atoms with van der Waals surface area (Å²) in [5.41, 5.74) is 7.36. The van der Waals surface area contributed by atoms with Crippen molar-refractivity contribution >= 4 is 11.7 Å². The summed E-state index contributed by atoms with van der Waals surface area (Å²) in [6.07, 6.45) is 2.88. The highest BCUT2D eigenvalue weighted by Gasteiger charge is 2.19. The van der Waals surface area contributed by atoms with Gasteiger partial charge in [0, 0.05) is 25.8 Å². The molecule has 9 heteroatoms. The fourth-order valence-electron chi connectivity index (χ4n) is 4.02. The maximum atomic E-state index is 14.2. The monoisotopic (exact) mass is 459 g/mol. The van der Waals surface area contributed by atoms with E-state index >= 15 is 0 Å². The van der Waals surface area contributed by atoms with Gasteiger partial charge in [0.25, 0.3) is 5.91 Å². The van der Waals surface area contributed by atoms with Crippen LogP contribution in [0, 0.1) is 12.7 Å². The van der Waals surface area contributed by atoms with E-state index in [2.05, 4.69) is 9.88 Å². The van der Waals surface area contributed by atoms with Crippen molar-refractivity contribution < 1.29 is 28.1 Å². The Morgan fingerprint density at radius 1 is 1.18 bits per heavy atom. The number of benzene rings is 1. The van der Waals surface area contributed by atoms with Crippen LogP contribution in [0.2, 0.25) is 0 Å². The lowest BCUT2D eigenvalue weighted by Gasteiger charge is -2.28. The van der Waals surface area contributed by atoms with Crippen LogP contribution in [0.5, 0.6) is 5.88 Å². The standard InChI is InChI=1S/C24H30FN3O5/c1-16-12-20(25)19(24(26)29)15-18(16)17-13-21(28-5-8-30-9-6-28)27-22(14-17)31-10-11-33-23-4-2-3-7-32-23/h12-15,23H,2-11H2,1H3,(H2,26,29). The number of pyridine rings is 1. The van der Waals surface area contributed by atoms with Crippen molar-refractivity contribution in [2.24, 2.45) is 5.73 Å². The number of amides is 1. The van der Waals surface area contributed by atoms with Crippen LogP contribution >= 0.6 is 0 Å². The first-order valence-corrected chi connectivity index (χ1v) is 11.3. The van der Waals surface area contributed by atoms with Gasteiger partial charge in [-0.05, 0) is 61.1 Å². The maximum Gasteiger partial charge on any atom is 0.251 e. The van der Waals surface area contributed by atoms with E-state index in [1.54, 1.807) is 13.0 Å². The predicted octanol–water partition coefficient (Wildman–Crippen LogP) is 3.05. The zero-order chi connectivity index (χ0) is 23.2. The van der Waals surface area contributed by atoms with Gasteiger partial charge >= 0.3 is 0 Å². The number of anilines is 1. The Balaban J connectivity index is 1.57. The second kappa shape index (κ2) is 10.9. The lowest BCUT2D eigenvalue weighted by Crippen LogP contribution is -2.36. The summed E-state index contributed by atoms with van der Waals surface area (Å²) in [4.78, 5) is 18.5. The molecule has 0 saturated carbocycles. The molecule has 2 fully saturated rings. The molecule has 8 nitrogen and oxygen atoms in total. The summed E-state index contributed by atoms with van der Waals surface area (Å²) in [5, 5.41) is 0. The van der Waals surface area contributed by atoms with Gasteiger partial charge < -0.3 is 29.6 Å². The van der Waals surface area contributed by atoms with Gasteiger partial charge in [0.2, 0.25) is 5.88 Å². The molecule has 2 aliphatic rings. The summed E-state index contributed by atoms with van der Waals surface area (Å²) in [6.45, 7) is 5.83. The zero-order valence-electron chi connectivity index (χ0n) is 18.8. The minimum Gasteiger partial charge on any atom is -0.475 e.